The van der Waals surface area contributed by atoms with Crippen molar-refractivity contribution < 1.29 is 15.0 Å². The van der Waals surface area contributed by atoms with E-state index in [0.717, 1.165) is 10.0 Å². The summed E-state index contributed by atoms with van der Waals surface area (Å²) in [4.78, 5) is 12.1. The molecule has 0 saturated carbocycles. The molecule has 98 valence electrons. The number of phenolic OH excluding ortho intramolecular Hbond substituents is 2. The smallest absolute Gasteiger partial charge is 0.263 e. The van der Waals surface area contributed by atoms with Crippen molar-refractivity contribution in [3.63, 3.8) is 0 Å². The number of rotatable bonds is 2. The van der Waals surface area contributed by atoms with Crippen molar-refractivity contribution in [2.45, 2.75) is 6.92 Å². The second-order valence-corrected chi connectivity index (χ2v) is 4.89. The molecule has 0 bridgehead atoms. The van der Waals surface area contributed by atoms with Gasteiger partial charge in [-0.05, 0) is 36.8 Å². The summed E-state index contributed by atoms with van der Waals surface area (Å²) >= 11 is 3.37. The Balaban J connectivity index is 2.34. The maximum absolute atomic E-state index is 12.1. The molecule has 0 spiro atoms. The molecule has 1 amide bonds. The van der Waals surface area contributed by atoms with Crippen LogP contribution in [0.5, 0.6) is 11.5 Å². The summed E-state index contributed by atoms with van der Waals surface area (Å²) < 4.78 is 0.867. The van der Waals surface area contributed by atoms with E-state index >= 15 is 0 Å². The number of carbonyl (C=O) groups excluding carboxylic acids is 1. The quantitative estimate of drug-likeness (QED) is 0.793. The van der Waals surface area contributed by atoms with Gasteiger partial charge < -0.3 is 15.5 Å². The number of hydrogen-bond donors (Lipinski definition) is 3. The summed E-state index contributed by atoms with van der Waals surface area (Å²) in [6, 6.07) is 9.56. The van der Waals surface area contributed by atoms with Crippen LogP contribution in [0.1, 0.15) is 15.9 Å². The van der Waals surface area contributed by atoms with Crippen LogP contribution in [0.25, 0.3) is 0 Å². The van der Waals surface area contributed by atoms with Crippen molar-refractivity contribution >= 4 is 27.5 Å². The van der Waals surface area contributed by atoms with Crippen LogP contribution in [0, 0.1) is 6.92 Å². The van der Waals surface area contributed by atoms with Crippen LogP contribution in [0.3, 0.4) is 0 Å². The van der Waals surface area contributed by atoms with Gasteiger partial charge in [0.05, 0.1) is 0 Å². The molecule has 0 atom stereocenters. The number of nitrogens with one attached hydrogen (secondary N) is 1. The summed E-state index contributed by atoms with van der Waals surface area (Å²) in [6.07, 6.45) is 0. The average molecular weight is 322 g/mol. The molecule has 19 heavy (non-hydrogen) atoms. The van der Waals surface area contributed by atoms with E-state index in [1.807, 2.05) is 13.0 Å². The van der Waals surface area contributed by atoms with E-state index in [2.05, 4.69) is 21.2 Å². The number of hydrogen-bond acceptors (Lipinski definition) is 3. The van der Waals surface area contributed by atoms with Gasteiger partial charge in [0.1, 0.15) is 17.1 Å². The minimum absolute atomic E-state index is 0.137. The van der Waals surface area contributed by atoms with E-state index in [4.69, 9.17) is 0 Å². The molecule has 0 aliphatic carbocycles. The van der Waals surface area contributed by atoms with Gasteiger partial charge in [0.2, 0.25) is 0 Å². The summed E-state index contributed by atoms with van der Waals surface area (Å²) in [7, 11) is 0. The molecule has 0 fully saturated rings. The monoisotopic (exact) mass is 321 g/mol. The molecule has 2 rings (SSSR count). The van der Waals surface area contributed by atoms with Crippen LogP contribution < -0.4 is 5.32 Å². The van der Waals surface area contributed by atoms with E-state index in [1.165, 1.54) is 18.2 Å². The van der Waals surface area contributed by atoms with Crippen LogP contribution in [0.4, 0.5) is 5.69 Å². The fourth-order valence-electron chi connectivity index (χ4n) is 1.69. The molecule has 5 heteroatoms. The highest BCUT2D eigenvalue weighted by Gasteiger charge is 2.17. The second-order valence-electron chi connectivity index (χ2n) is 4.04. The number of halogens is 1. The third kappa shape index (κ3) is 2.71. The highest BCUT2D eigenvalue weighted by molar-refractivity contribution is 9.10. The molecule has 4 nitrogen and oxygen atoms in total. The van der Waals surface area contributed by atoms with Crippen LogP contribution in [-0.4, -0.2) is 16.1 Å². The largest absolute Gasteiger partial charge is 0.507 e. The number of aromatic hydroxyl groups is 2. The zero-order chi connectivity index (χ0) is 14.0. The molecule has 0 aromatic heterocycles. The number of phenols is 2. The zero-order valence-electron chi connectivity index (χ0n) is 10.1. The topological polar surface area (TPSA) is 69.6 Å². The molecule has 3 N–H and O–H groups in total. The van der Waals surface area contributed by atoms with Crippen LogP contribution in [0.15, 0.2) is 40.9 Å². The summed E-state index contributed by atoms with van der Waals surface area (Å²) in [5.74, 6) is -1.08. The number of amides is 1. The van der Waals surface area contributed by atoms with Crippen molar-refractivity contribution in [1.29, 1.82) is 0 Å². The molecular weight excluding hydrogens is 310 g/mol. The number of anilines is 1. The molecule has 2 aromatic rings. The maximum atomic E-state index is 12.1. The Hall–Kier alpha value is -2.01. The van der Waals surface area contributed by atoms with Crippen molar-refractivity contribution in [3.8, 4) is 11.5 Å². The molecule has 0 unspecified atom stereocenters. The van der Waals surface area contributed by atoms with Crippen molar-refractivity contribution in [1.82, 2.24) is 0 Å². The molecule has 0 radical (unpaired) electrons. The average Bonchev–Trinajstić information content (AvgIpc) is 2.35. The molecule has 2 aromatic carbocycles. The van der Waals surface area contributed by atoms with Crippen molar-refractivity contribution in [2.75, 3.05) is 5.32 Å². The molecular formula is C14H12BrNO3. The third-order valence-corrected chi connectivity index (χ3v) is 3.62. The van der Waals surface area contributed by atoms with Crippen LogP contribution >= 0.6 is 15.9 Å². The number of benzene rings is 2. The first kappa shape index (κ1) is 13.4. The Labute approximate surface area is 118 Å². The minimum atomic E-state index is -0.559. The lowest BCUT2D eigenvalue weighted by molar-refractivity contribution is 0.102. The van der Waals surface area contributed by atoms with Gasteiger partial charge in [-0.1, -0.05) is 28.1 Å². The molecule has 0 aliphatic rings. The third-order valence-electron chi connectivity index (χ3n) is 2.76. The fourth-order valence-corrected chi connectivity index (χ4v) is 2.05. The number of carbonyl (C=O) groups is 1. The first-order chi connectivity index (χ1) is 9.00. The van der Waals surface area contributed by atoms with E-state index in [9.17, 15) is 15.0 Å². The van der Waals surface area contributed by atoms with Gasteiger partial charge >= 0.3 is 0 Å². The Morgan fingerprint density at radius 3 is 2.32 bits per heavy atom. The lowest BCUT2D eigenvalue weighted by Crippen LogP contribution is -2.13. The second kappa shape index (κ2) is 5.32. The highest BCUT2D eigenvalue weighted by atomic mass is 79.9. The lowest BCUT2D eigenvalue weighted by Gasteiger charge is -2.11. The Morgan fingerprint density at radius 2 is 1.68 bits per heavy atom. The zero-order valence-corrected chi connectivity index (χ0v) is 11.7. The van der Waals surface area contributed by atoms with Gasteiger partial charge in [0, 0.05) is 10.2 Å². The normalized spacial score (nSPS) is 10.2. The highest BCUT2D eigenvalue weighted by Crippen LogP contribution is 2.29. The van der Waals surface area contributed by atoms with Gasteiger partial charge in [-0.15, -0.1) is 0 Å². The summed E-state index contributed by atoms with van der Waals surface area (Å²) in [6.45, 7) is 1.85. The minimum Gasteiger partial charge on any atom is -0.507 e. The maximum Gasteiger partial charge on any atom is 0.263 e. The first-order valence-electron chi connectivity index (χ1n) is 5.58. The van der Waals surface area contributed by atoms with Crippen LogP contribution in [-0.2, 0) is 0 Å². The first-order valence-corrected chi connectivity index (χ1v) is 6.37. The van der Waals surface area contributed by atoms with Crippen molar-refractivity contribution in [2.24, 2.45) is 0 Å². The predicted octanol–water partition coefficient (Wildman–Crippen LogP) is 3.42. The fraction of sp³-hybridized carbons (Fsp3) is 0.0714. The Kier molecular flexibility index (Phi) is 3.76. The lowest BCUT2D eigenvalue weighted by atomic mass is 10.1. The molecule has 0 aliphatic heterocycles. The van der Waals surface area contributed by atoms with Crippen LogP contribution in [0.2, 0.25) is 0 Å². The van der Waals surface area contributed by atoms with E-state index < -0.39 is 5.91 Å². The SMILES string of the molecule is Cc1c(Br)cccc1NC(=O)c1c(O)cccc1O. The Bertz CT molecular complexity index is 620. The Morgan fingerprint density at radius 1 is 1.11 bits per heavy atom. The molecule has 0 saturated heterocycles. The van der Waals surface area contributed by atoms with E-state index in [-0.39, 0.29) is 17.1 Å². The van der Waals surface area contributed by atoms with Gasteiger partial charge in [0.25, 0.3) is 5.91 Å². The van der Waals surface area contributed by atoms with Gasteiger partial charge in [-0.3, -0.25) is 4.79 Å². The van der Waals surface area contributed by atoms with Crippen molar-refractivity contribution in [3.05, 3.63) is 52.0 Å². The standard InChI is InChI=1S/C14H12BrNO3/c1-8-9(15)4-2-5-10(8)16-14(19)13-11(17)6-3-7-12(13)18/h2-7,17-18H,1H3,(H,16,19). The van der Waals surface area contributed by atoms with Gasteiger partial charge in [-0.2, -0.15) is 0 Å². The predicted molar refractivity (Wildman–Crippen MR) is 76.6 cm³/mol. The summed E-state index contributed by atoms with van der Waals surface area (Å²) in [5, 5.41) is 21.9. The summed E-state index contributed by atoms with van der Waals surface area (Å²) in [5.41, 5.74) is 1.34. The van der Waals surface area contributed by atoms with Gasteiger partial charge in [-0.25, -0.2) is 0 Å². The van der Waals surface area contributed by atoms with E-state index in [0.29, 0.717) is 5.69 Å². The van der Waals surface area contributed by atoms with E-state index in [1.54, 1.807) is 12.1 Å². The molecule has 0 heterocycles. The van der Waals surface area contributed by atoms with Gasteiger partial charge in [0.15, 0.2) is 0 Å².